The Kier molecular flexibility index (Phi) is 5.59. The second-order valence-corrected chi connectivity index (χ2v) is 6.24. The fraction of sp³-hybridized carbons (Fsp3) is 0.692. The highest BCUT2D eigenvalue weighted by Gasteiger charge is 2.18. The summed E-state index contributed by atoms with van der Waals surface area (Å²) < 4.78 is 0. The second-order valence-electron chi connectivity index (χ2n) is 5.46. The fourth-order valence-corrected chi connectivity index (χ4v) is 2.40. The number of aliphatic hydroxyl groups is 1. The van der Waals surface area contributed by atoms with Gasteiger partial charge in [0.2, 0.25) is 0 Å². The molecule has 3 nitrogen and oxygen atoms in total. The summed E-state index contributed by atoms with van der Waals surface area (Å²) >= 11 is 1.72. The molecule has 0 unspecified atom stereocenters. The van der Waals surface area contributed by atoms with Gasteiger partial charge in [-0.25, -0.2) is 0 Å². The molecular weight excluding hydrogens is 232 g/mol. The summed E-state index contributed by atoms with van der Waals surface area (Å²) in [6, 6.07) is 2.15. The van der Waals surface area contributed by atoms with E-state index in [4.69, 9.17) is 0 Å². The highest BCUT2D eigenvalue weighted by Crippen LogP contribution is 2.12. The molecule has 4 heteroatoms. The first-order chi connectivity index (χ1) is 7.87. The van der Waals surface area contributed by atoms with Crippen LogP contribution in [0, 0.1) is 0 Å². The van der Waals surface area contributed by atoms with Crippen LogP contribution in [0.25, 0.3) is 0 Å². The van der Waals surface area contributed by atoms with Gasteiger partial charge in [-0.3, -0.25) is 4.90 Å². The van der Waals surface area contributed by atoms with Gasteiger partial charge in [0.1, 0.15) is 0 Å². The quantitative estimate of drug-likeness (QED) is 0.807. The summed E-state index contributed by atoms with van der Waals surface area (Å²) in [6.07, 6.45) is 0. The van der Waals surface area contributed by atoms with Crippen LogP contribution in [-0.2, 0) is 6.54 Å². The SMILES string of the molecule is CN(C)CCN(Cc1ccsc1)CC(C)(C)O. The molecule has 98 valence electrons. The highest BCUT2D eigenvalue weighted by atomic mass is 32.1. The molecule has 1 aromatic heterocycles. The molecule has 0 radical (unpaired) electrons. The molecule has 0 saturated carbocycles. The first-order valence-electron chi connectivity index (χ1n) is 5.97. The van der Waals surface area contributed by atoms with Crippen molar-refractivity contribution in [1.82, 2.24) is 9.80 Å². The predicted octanol–water partition coefficient (Wildman–Crippen LogP) is 1.88. The van der Waals surface area contributed by atoms with Gasteiger partial charge in [0, 0.05) is 26.2 Å². The van der Waals surface area contributed by atoms with Gasteiger partial charge >= 0.3 is 0 Å². The molecule has 0 saturated heterocycles. The molecule has 1 N–H and O–H groups in total. The Balaban J connectivity index is 2.52. The van der Waals surface area contributed by atoms with E-state index in [2.05, 4.69) is 40.7 Å². The third kappa shape index (κ3) is 6.78. The third-order valence-corrected chi connectivity index (χ3v) is 3.19. The van der Waals surface area contributed by atoms with Gasteiger partial charge in [-0.1, -0.05) is 0 Å². The lowest BCUT2D eigenvalue weighted by Gasteiger charge is -2.29. The van der Waals surface area contributed by atoms with Crippen LogP contribution in [0.2, 0.25) is 0 Å². The zero-order valence-corrected chi connectivity index (χ0v) is 12.1. The minimum atomic E-state index is -0.637. The van der Waals surface area contributed by atoms with Gasteiger partial charge in [0.25, 0.3) is 0 Å². The van der Waals surface area contributed by atoms with Crippen molar-refractivity contribution < 1.29 is 5.11 Å². The van der Waals surface area contributed by atoms with Crippen molar-refractivity contribution in [3.63, 3.8) is 0 Å². The van der Waals surface area contributed by atoms with Crippen LogP contribution in [-0.4, -0.2) is 54.2 Å². The predicted molar refractivity (Wildman–Crippen MR) is 74.4 cm³/mol. The maximum atomic E-state index is 9.93. The van der Waals surface area contributed by atoms with Crippen molar-refractivity contribution in [1.29, 1.82) is 0 Å². The lowest BCUT2D eigenvalue weighted by atomic mass is 10.1. The van der Waals surface area contributed by atoms with Crippen molar-refractivity contribution >= 4 is 11.3 Å². The van der Waals surface area contributed by atoms with E-state index in [0.29, 0.717) is 6.54 Å². The summed E-state index contributed by atoms with van der Waals surface area (Å²) in [5, 5.41) is 14.2. The van der Waals surface area contributed by atoms with Crippen LogP contribution >= 0.6 is 11.3 Å². The molecule has 0 aliphatic heterocycles. The van der Waals surface area contributed by atoms with Crippen LogP contribution in [0.3, 0.4) is 0 Å². The topological polar surface area (TPSA) is 26.7 Å². The van der Waals surface area contributed by atoms with Gasteiger partial charge in [0.05, 0.1) is 5.60 Å². The molecule has 0 atom stereocenters. The molecule has 0 aromatic carbocycles. The molecule has 1 aromatic rings. The number of likely N-dealkylation sites (N-methyl/N-ethyl adjacent to an activating group) is 1. The van der Waals surface area contributed by atoms with Gasteiger partial charge < -0.3 is 10.0 Å². The van der Waals surface area contributed by atoms with Gasteiger partial charge in [-0.05, 0) is 50.3 Å². The first kappa shape index (κ1) is 14.6. The van der Waals surface area contributed by atoms with Crippen LogP contribution in [0.4, 0.5) is 0 Å². The number of nitrogens with zero attached hydrogens (tertiary/aromatic N) is 2. The molecule has 1 rings (SSSR count). The molecule has 0 amide bonds. The summed E-state index contributed by atoms with van der Waals surface area (Å²) in [6.45, 7) is 7.34. The molecule has 0 aliphatic carbocycles. The summed E-state index contributed by atoms with van der Waals surface area (Å²) in [4.78, 5) is 4.48. The average Bonchev–Trinajstić information content (AvgIpc) is 2.64. The van der Waals surface area contributed by atoms with E-state index in [9.17, 15) is 5.11 Å². The fourth-order valence-electron chi connectivity index (χ4n) is 1.74. The van der Waals surface area contributed by atoms with Crippen LogP contribution in [0.5, 0.6) is 0 Å². The smallest absolute Gasteiger partial charge is 0.0718 e. The Morgan fingerprint density at radius 2 is 2.00 bits per heavy atom. The minimum Gasteiger partial charge on any atom is -0.389 e. The number of hydrogen-bond donors (Lipinski definition) is 1. The van der Waals surface area contributed by atoms with E-state index >= 15 is 0 Å². The molecule has 0 spiro atoms. The highest BCUT2D eigenvalue weighted by molar-refractivity contribution is 7.07. The van der Waals surface area contributed by atoms with E-state index in [1.54, 1.807) is 11.3 Å². The van der Waals surface area contributed by atoms with Crippen molar-refractivity contribution in [3.05, 3.63) is 22.4 Å². The van der Waals surface area contributed by atoms with E-state index in [1.807, 2.05) is 13.8 Å². The lowest BCUT2D eigenvalue weighted by Crippen LogP contribution is -2.41. The second kappa shape index (κ2) is 6.50. The third-order valence-electron chi connectivity index (χ3n) is 2.46. The lowest BCUT2D eigenvalue weighted by molar-refractivity contribution is 0.0316. The molecule has 0 aliphatic rings. The van der Waals surface area contributed by atoms with E-state index in [1.165, 1.54) is 5.56 Å². The van der Waals surface area contributed by atoms with Crippen molar-refractivity contribution in [2.24, 2.45) is 0 Å². The number of hydrogen-bond acceptors (Lipinski definition) is 4. The minimum absolute atomic E-state index is 0.637. The maximum Gasteiger partial charge on any atom is 0.0718 e. The Hall–Kier alpha value is -0.420. The van der Waals surface area contributed by atoms with Gasteiger partial charge in [-0.2, -0.15) is 11.3 Å². The Morgan fingerprint density at radius 3 is 2.47 bits per heavy atom. The number of rotatable bonds is 7. The first-order valence-corrected chi connectivity index (χ1v) is 6.91. The van der Waals surface area contributed by atoms with Crippen LogP contribution < -0.4 is 0 Å². The van der Waals surface area contributed by atoms with Crippen LogP contribution in [0.15, 0.2) is 16.8 Å². The average molecular weight is 256 g/mol. The van der Waals surface area contributed by atoms with Gasteiger partial charge in [0.15, 0.2) is 0 Å². The Labute approximate surface area is 109 Å². The van der Waals surface area contributed by atoms with E-state index in [0.717, 1.165) is 19.6 Å². The summed E-state index contributed by atoms with van der Waals surface area (Å²) in [7, 11) is 4.15. The monoisotopic (exact) mass is 256 g/mol. The van der Waals surface area contributed by atoms with E-state index < -0.39 is 5.60 Å². The largest absolute Gasteiger partial charge is 0.389 e. The van der Waals surface area contributed by atoms with Crippen molar-refractivity contribution in [2.75, 3.05) is 33.7 Å². The molecule has 17 heavy (non-hydrogen) atoms. The number of thiophene rings is 1. The summed E-state index contributed by atoms with van der Waals surface area (Å²) in [5.74, 6) is 0. The zero-order chi connectivity index (χ0) is 12.9. The summed E-state index contributed by atoms with van der Waals surface area (Å²) in [5.41, 5.74) is 0.695. The normalized spacial score (nSPS) is 12.6. The maximum absolute atomic E-state index is 9.93. The van der Waals surface area contributed by atoms with Crippen molar-refractivity contribution in [3.8, 4) is 0 Å². The molecule has 1 heterocycles. The molecule has 0 bridgehead atoms. The zero-order valence-electron chi connectivity index (χ0n) is 11.3. The Morgan fingerprint density at radius 1 is 1.29 bits per heavy atom. The standard InChI is InChI=1S/C13H24N2OS/c1-13(2,16)11-15(7-6-14(3)4)9-12-5-8-17-10-12/h5,8,10,16H,6-7,9,11H2,1-4H3. The molecule has 0 fully saturated rings. The van der Waals surface area contributed by atoms with Crippen LogP contribution in [0.1, 0.15) is 19.4 Å². The van der Waals surface area contributed by atoms with Crippen molar-refractivity contribution in [2.45, 2.75) is 26.0 Å². The van der Waals surface area contributed by atoms with E-state index in [-0.39, 0.29) is 0 Å². The Bertz CT molecular complexity index is 304. The molecular formula is C13H24N2OS. The van der Waals surface area contributed by atoms with Gasteiger partial charge in [-0.15, -0.1) is 0 Å².